The zero-order valence-electron chi connectivity index (χ0n) is 11.5. The van der Waals surface area contributed by atoms with Crippen molar-refractivity contribution in [3.63, 3.8) is 0 Å². The van der Waals surface area contributed by atoms with Gasteiger partial charge in [-0.2, -0.15) is 8.42 Å². The zero-order chi connectivity index (χ0) is 15.1. The Morgan fingerprint density at radius 2 is 1.68 bits per heavy atom. The number of rotatable bonds is 3. The van der Waals surface area contributed by atoms with Crippen molar-refractivity contribution in [2.45, 2.75) is 57.7 Å². The quantitative estimate of drug-likeness (QED) is 0.609. The van der Waals surface area contributed by atoms with Gasteiger partial charge >= 0.3 is 5.97 Å². The number of carbonyl (C=O) groups excluding carboxylic acids is 1. The summed E-state index contributed by atoms with van der Waals surface area (Å²) < 4.78 is 34.8. The van der Waals surface area contributed by atoms with E-state index >= 15 is 0 Å². The van der Waals surface area contributed by atoms with Crippen LogP contribution in [-0.2, 0) is 24.9 Å². The van der Waals surface area contributed by atoms with Gasteiger partial charge in [0.25, 0.3) is 10.1 Å². The molecule has 8 heteroatoms. The highest BCUT2D eigenvalue weighted by molar-refractivity contribution is 7.86. The van der Waals surface area contributed by atoms with Crippen LogP contribution in [0.1, 0.15) is 40.5 Å². The van der Waals surface area contributed by atoms with Crippen molar-refractivity contribution in [1.82, 2.24) is 5.06 Å². The lowest BCUT2D eigenvalue weighted by molar-refractivity contribution is -0.299. The number of hydroxylamine groups is 2. The van der Waals surface area contributed by atoms with E-state index in [4.69, 9.17) is 9.29 Å². The molecular formula is C11H20NO6S. The fourth-order valence-corrected chi connectivity index (χ4v) is 2.99. The van der Waals surface area contributed by atoms with Crippen molar-refractivity contribution in [2.75, 3.05) is 5.75 Å². The zero-order valence-corrected chi connectivity index (χ0v) is 12.4. The molecule has 1 aliphatic rings. The number of piperidine rings is 1. The molecule has 1 heterocycles. The number of esters is 1. The summed E-state index contributed by atoms with van der Waals surface area (Å²) in [6.45, 7) is 6.96. The SMILES string of the molecule is CC1(C)CC(OC(=O)CS(=O)(=O)O)CC(C)(C)N1[O]. The minimum Gasteiger partial charge on any atom is -0.461 e. The molecule has 7 nitrogen and oxygen atoms in total. The normalized spacial score (nSPS) is 24.1. The molecule has 0 aromatic heterocycles. The number of hydrogen-bond acceptors (Lipinski definition) is 5. The summed E-state index contributed by atoms with van der Waals surface area (Å²) in [4.78, 5) is 11.4. The minimum atomic E-state index is -4.39. The molecule has 0 bridgehead atoms. The lowest BCUT2D eigenvalue weighted by Gasteiger charge is -2.49. The van der Waals surface area contributed by atoms with Crippen molar-refractivity contribution < 1.29 is 27.7 Å². The Hall–Kier alpha value is -0.700. The summed E-state index contributed by atoms with van der Waals surface area (Å²) in [6, 6.07) is 0. The third-order valence-electron chi connectivity index (χ3n) is 3.15. The predicted molar refractivity (Wildman–Crippen MR) is 66.2 cm³/mol. The topological polar surface area (TPSA) is 104 Å². The molecule has 1 fully saturated rings. The van der Waals surface area contributed by atoms with E-state index in [1.807, 2.05) is 0 Å². The summed E-state index contributed by atoms with van der Waals surface area (Å²) in [5.74, 6) is -2.07. The first-order valence-corrected chi connectivity index (χ1v) is 7.56. The molecule has 0 spiro atoms. The second kappa shape index (κ2) is 5.01. The van der Waals surface area contributed by atoms with Gasteiger partial charge in [0.15, 0.2) is 5.75 Å². The van der Waals surface area contributed by atoms with Crippen LogP contribution in [0.3, 0.4) is 0 Å². The second-order valence-corrected chi connectivity index (χ2v) is 7.62. The molecule has 1 radical (unpaired) electrons. The van der Waals surface area contributed by atoms with E-state index in [9.17, 15) is 18.4 Å². The number of nitrogens with zero attached hydrogens (tertiary/aromatic N) is 1. The van der Waals surface area contributed by atoms with Gasteiger partial charge in [0, 0.05) is 23.9 Å². The van der Waals surface area contributed by atoms with Crippen LogP contribution in [0.2, 0.25) is 0 Å². The van der Waals surface area contributed by atoms with Crippen molar-refractivity contribution in [3.8, 4) is 0 Å². The monoisotopic (exact) mass is 294 g/mol. The summed E-state index contributed by atoms with van der Waals surface area (Å²) in [5, 5.41) is 13.0. The summed E-state index contributed by atoms with van der Waals surface area (Å²) in [7, 11) is -4.39. The van der Waals surface area contributed by atoms with Gasteiger partial charge in [-0.05, 0) is 27.7 Å². The van der Waals surface area contributed by atoms with Gasteiger partial charge in [-0.3, -0.25) is 9.35 Å². The van der Waals surface area contributed by atoms with Gasteiger partial charge in [-0.25, -0.2) is 0 Å². The molecule has 0 amide bonds. The average molecular weight is 294 g/mol. The highest BCUT2D eigenvalue weighted by Crippen LogP contribution is 2.38. The smallest absolute Gasteiger partial charge is 0.323 e. The summed E-state index contributed by atoms with van der Waals surface area (Å²) in [6.07, 6.45) is 0.0957. The largest absolute Gasteiger partial charge is 0.461 e. The van der Waals surface area contributed by atoms with Crippen LogP contribution < -0.4 is 0 Å². The average Bonchev–Trinajstić information content (AvgIpc) is 2.09. The maximum atomic E-state index is 12.1. The van der Waals surface area contributed by atoms with E-state index in [0.717, 1.165) is 5.06 Å². The summed E-state index contributed by atoms with van der Waals surface area (Å²) >= 11 is 0. The van der Waals surface area contributed by atoms with Crippen LogP contribution in [0, 0.1) is 0 Å². The van der Waals surface area contributed by atoms with Gasteiger partial charge in [0.1, 0.15) is 6.10 Å². The molecule has 0 unspecified atom stereocenters. The molecule has 1 rings (SSSR count). The predicted octanol–water partition coefficient (Wildman–Crippen LogP) is 0.785. The molecule has 111 valence electrons. The van der Waals surface area contributed by atoms with Crippen LogP contribution in [0.25, 0.3) is 0 Å². The number of carbonyl (C=O) groups is 1. The molecular weight excluding hydrogens is 274 g/mol. The molecule has 1 N–H and O–H groups in total. The lowest BCUT2D eigenvalue weighted by Crippen LogP contribution is -2.60. The van der Waals surface area contributed by atoms with Gasteiger partial charge in [-0.1, -0.05) is 0 Å². The molecule has 1 saturated heterocycles. The third kappa shape index (κ3) is 4.41. The summed E-state index contributed by atoms with van der Waals surface area (Å²) in [5.41, 5.74) is -1.41. The molecule has 0 aliphatic carbocycles. The highest BCUT2D eigenvalue weighted by Gasteiger charge is 2.47. The molecule has 0 aromatic carbocycles. The van der Waals surface area contributed by atoms with Crippen molar-refractivity contribution in [3.05, 3.63) is 0 Å². The van der Waals surface area contributed by atoms with Crippen molar-refractivity contribution in [1.29, 1.82) is 0 Å². The van der Waals surface area contributed by atoms with Gasteiger partial charge < -0.3 is 4.74 Å². The molecule has 0 saturated carbocycles. The molecule has 1 aliphatic heterocycles. The van der Waals surface area contributed by atoms with Crippen LogP contribution in [0.4, 0.5) is 0 Å². The lowest BCUT2D eigenvalue weighted by atomic mass is 9.80. The van der Waals surface area contributed by atoms with E-state index in [-0.39, 0.29) is 0 Å². The first kappa shape index (κ1) is 16.4. The minimum absolute atomic E-state index is 0.317. The third-order valence-corrected chi connectivity index (χ3v) is 3.75. The Kier molecular flexibility index (Phi) is 4.31. The van der Waals surface area contributed by atoms with E-state index in [2.05, 4.69) is 0 Å². The van der Waals surface area contributed by atoms with E-state index in [1.165, 1.54) is 0 Å². The fraction of sp³-hybridized carbons (Fsp3) is 0.909. The second-order valence-electron chi connectivity index (χ2n) is 6.17. The first-order chi connectivity index (χ1) is 8.33. The van der Waals surface area contributed by atoms with Crippen molar-refractivity contribution >= 4 is 16.1 Å². The highest BCUT2D eigenvalue weighted by atomic mass is 32.2. The Morgan fingerprint density at radius 3 is 2.05 bits per heavy atom. The fourth-order valence-electron chi connectivity index (χ4n) is 2.62. The maximum Gasteiger partial charge on any atom is 0.323 e. The van der Waals surface area contributed by atoms with Gasteiger partial charge in [-0.15, -0.1) is 10.3 Å². The van der Waals surface area contributed by atoms with E-state index in [0.29, 0.717) is 12.8 Å². The first-order valence-electron chi connectivity index (χ1n) is 5.96. The van der Waals surface area contributed by atoms with Crippen LogP contribution in [-0.4, -0.2) is 46.9 Å². The Balaban J connectivity index is 2.74. The van der Waals surface area contributed by atoms with E-state index in [1.54, 1.807) is 27.7 Å². The van der Waals surface area contributed by atoms with Crippen LogP contribution >= 0.6 is 0 Å². The van der Waals surface area contributed by atoms with E-state index < -0.39 is 39.0 Å². The molecule has 19 heavy (non-hydrogen) atoms. The Morgan fingerprint density at radius 1 is 1.26 bits per heavy atom. The van der Waals surface area contributed by atoms with Gasteiger partial charge in [0.2, 0.25) is 0 Å². The maximum absolute atomic E-state index is 12.1. The van der Waals surface area contributed by atoms with Gasteiger partial charge in [0.05, 0.1) is 0 Å². The van der Waals surface area contributed by atoms with Crippen LogP contribution in [0.5, 0.6) is 0 Å². The number of hydrogen-bond donors (Lipinski definition) is 1. The molecule has 0 aromatic rings. The standard InChI is InChI=1S/C11H20NO6S/c1-10(2)5-8(6-11(3,4)12(10)14)18-9(13)7-19(15,16)17/h8H,5-7H2,1-4H3,(H,15,16,17). The van der Waals surface area contributed by atoms with Crippen LogP contribution in [0.15, 0.2) is 0 Å². The Bertz CT molecular complexity index is 438. The number of ether oxygens (including phenoxy) is 1. The molecule has 0 atom stereocenters. The Labute approximate surface area is 113 Å². The van der Waals surface area contributed by atoms with Crippen molar-refractivity contribution in [2.24, 2.45) is 0 Å².